The maximum atomic E-state index is 12.8. The van der Waals surface area contributed by atoms with E-state index in [1.807, 2.05) is 39.8 Å². The predicted molar refractivity (Wildman–Crippen MR) is 197 cm³/mol. The van der Waals surface area contributed by atoms with Crippen molar-refractivity contribution >= 4 is 11.8 Å². The second-order valence-corrected chi connectivity index (χ2v) is 16.9. The third-order valence-corrected chi connectivity index (χ3v) is 10.9. The molecule has 2 N–H and O–H groups in total. The summed E-state index contributed by atoms with van der Waals surface area (Å²) in [6.45, 7) is 17.0. The summed E-state index contributed by atoms with van der Waals surface area (Å²) in [5.74, 6) is 3.63. The van der Waals surface area contributed by atoms with Crippen LogP contribution in [0, 0.1) is 22.7 Å². The zero-order valence-corrected chi connectivity index (χ0v) is 31.8. The van der Waals surface area contributed by atoms with Crippen LogP contribution in [0.3, 0.4) is 0 Å². The van der Waals surface area contributed by atoms with E-state index in [1.165, 1.54) is 36.8 Å². The van der Waals surface area contributed by atoms with Gasteiger partial charge in [-0.25, -0.2) is 9.97 Å². The maximum Gasteiger partial charge on any atom is 0.229 e. The largest absolute Gasteiger partial charge is 0.476 e. The molecule has 0 aromatic carbocycles. The van der Waals surface area contributed by atoms with Crippen molar-refractivity contribution in [2.75, 3.05) is 53.5 Å². The van der Waals surface area contributed by atoms with Crippen LogP contribution in [-0.2, 0) is 9.59 Å². The first-order valence-electron chi connectivity index (χ1n) is 18.9. The van der Waals surface area contributed by atoms with Crippen LogP contribution in [0.5, 0.6) is 11.8 Å². The van der Waals surface area contributed by atoms with E-state index in [0.717, 1.165) is 39.0 Å². The number of rotatable bonds is 12. The number of nitrogens with zero attached hydrogens (tertiary/aromatic N) is 4. The molecule has 2 aliphatic carbocycles. The lowest BCUT2D eigenvalue weighted by molar-refractivity contribution is -0.133. The standard InChI is InChI=1S/2C20H31N3O2/c2*1-14-12-23(4)11-9-17(14)22-19(24)20(2,3)13-25-18-16(15-7-8-15)6-5-10-21-18/h2*5-6,10,14-15,17H,7-9,11-13H2,1-4H3,(H,22,24)/t2*14-,17-/m10/s1. The molecule has 4 fully saturated rings. The van der Waals surface area contributed by atoms with E-state index < -0.39 is 10.8 Å². The highest BCUT2D eigenvalue weighted by Crippen LogP contribution is 2.44. The molecule has 0 unspecified atom stereocenters. The van der Waals surface area contributed by atoms with E-state index in [0.29, 0.717) is 48.6 Å². The lowest BCUT2D eigenvalue weighted by Crippen LogP contribution is -2.52. The number of amides is 2. The monoisotopic (exact) mass is 690 g/mol. The molecule has 6 rings (SSSR count). The molecule has 2 aromatic heterocycles. The van der Waals surface area contributed by atoms with Gasteiger partial charge in [-0.1, -0.05) is 26.0 Å². The topological polar surface area (TPSA) is 109 Å². The first kappa shape index (κ1) is 38.0. The number of carbonyl (C=O) groups excluding carboxylic acids is 2. The van der Waals surface area contributed by atoms with Gasteiger partial charge in [0.1, 0.15) is 13.2 Å². The molecule has 4 atom stereocenters. The van der Waals surface area contributed by atoms with Crippen molar-refractivity contribution in [1.82, 2.24) is 30.4 Å². The first-order valence-corrected chi connectivity index (χ1v) is 18.9. The SMILES string of the molecule is C[C@@H]1CN(C)CC[C@H]1NC(=O)C(C)(C)COc1ncccc1C1CC1.C[C@H]1CN(C)CC[C@@H]1NC(=O)C(C)(C)COc1ncccc1C1CC1. The van der Waals surface area contributed by atoms with Gasteiger partial charge in [0.25, 0.3) is 0 Å². The molecule has 2 amide bonds. The van der Waals surface area contributed by atoms with Gasteiger partial charge in [-0.15, -0.1) is 0 Å². The fourth-order valence-electron chi connectivity index (χ4n) is 6.95. The third kappa shape index (κ3) is 10.4. The third-order valence-electron chi connectivity index (χ3n) is 10.9. The summed E-state index contributed by atoms with van der Waals surface area (Å²) in [7, 11) is 4.27. The highest BCUT2D eigenvalue weighted by atomic mass is 16.5. The summed E-state index contributed by atoms with van der Waals surface area (Å²) >= 11 is 0. The average Bonchev–Trinajstić information content (AvgIpc) is 4.01. The van der Waals surface area contributed by atoms with Crippen molar-refractivity contribution < 1.29 is 19.1 Å². The molecule has 0 spiro atoms. The van der Waals surface area contributed by atoms with E-state index in [-0.39, 0.29) is 23.9 Å². The molecule has 50 heavy (non-hydrogen) atoms. The Hall–Kier alpha value is -3.24. The van der Waals surface area contributed by atoms with Crippen molar-refractivity contribution in [3.63, 3.8) is 0 Å². The molecule has 10 nitrogen and oxygen atoms in total. The van der Waals surface area contributed by atoms with Crippen LogP contribution in [0.15, 0.2) is 36.7 Å². The summed E-state index contributed by atoms with van der Waals surface area (Å²) in [5, 5.41) is 6.50. The normalized spacial score (nSPS) is 24.8. The highest BCUT2D eigenvalue weighted by molar-refractivity contribution is 5.82. The van der Waals surface area contributed by atoms with Gasteiger partial charge in [0, 0.05) is 48.7 Å². The number of piperidine rings is 2. The molecular formula is C40H62N6O4. The Morgan fingerprint density at radius 3 is 1.42 bits per heavy atom. The molecule has 2 aliphatic heterocycles. The number of ether oxygens (including phenoxy) is 2. The van der Waals surface area contributed by atoms with Gasteiger partial charge < -0.3 is 29.9 Å². The van der Waals surface area contributed by atoms with Crippen LogP contribution in [0.4, 0.5) is 0 Å². The van der Waals surface area contributed by atoms with Crippen molar-refractivity contribution in [2.24, 2.45) is 22.7 Å². The van der Waals surface area contributed by atoms with Gasteiger partial charge in [0.15, 0.2) is 0 Å². The van der Waals surface area contributed by atoms with E-state index >= 15 is 0 Å². The van der Waals surface area contributed by atoms with Gasteiger partial charge in [0.2, 0.25) is 23.6 Å². The second kappa shape index (κ2) is 16.4. The number of nitrogens with one attached hydrogen (secondary N) is 2. The summed E-state index contributed by atoms with van der Waals surface area (Å²) in [5.41, 5.74) is 1.20. The van der Waals surface area contributed by atoms with Crippen LogP contribution in [0.2, 0.25) is 0 Å². The fraction of sp³-hybridized carbons (Fsp3) is 0.700. The van der Waals surface area contributed by atoms with Crippen molar-refractivity contribution in [2.45, 2.75) is 104 Å². The molecule has 2 saturated heterocycles. The van der Waals surface area contributed by atoms with E-state index in [9.17, 15) is 9.59 Å². The number of pyridine rings is 2. The zero-order valence-electron chi connectivity index (χ0n) is 31.8. The first-order chi connectivity index (χ1) is 23.7. The van der Waals surface area contributed by atoms with Gasteiger partial charge in [0.05, 0.1) is 10.8 Å². The molecule has 10 heteroatoms. The van der Waals surface area contributed by atoms with Crippen LogP contribution in [-0.4, -0.2) is 97.2 Å². The molecule has 0 radical (unpaired) electrons. The predicted octanol–water partition coefficient (Wildman–Crippen LogP) is 5.64. The van der Waals surface area contributed by atoms with Gasteiger partial charge in [-0.05, 0) is 129 Å². The van der Waals surface area contributed by atoms with Crippen LogP contribution in [0.1, 0.15) is 103 Å². The molecule has 4 aliphatic rings. The van der Waals surface area contributed by atoms with Crippen LogP contribution >= 0.6 is 0 Å². The Morgan fingerprint density at radius 1 is 0.700 bits per heavy atom. The number of likely N-dealkylation sites (tertiary alicyclic amines) is 2. The van der Waals surface area contributed by atoms with Gasteiger partial charge in [-0.3, -0.25) is 9.59 Å². The van der Waals surface area contributed by atoms with Crippen LogP contribution < -0.4 is 20.1 Å². The minimum absolute atomic E-state index is 0.0674. The molecular weight excluding hydrogens is 628 g/mol. The van der Waals surface area contributed by atoms with E-state index in [1.54, 1.807) is 12.4 Å². The Bertz CT molecular complexity index is 1330. The van der Waals surface area contributed by atoms with Gasteiger partial charge in [-0.2, -0.15) is 0 Å². The molecule has 4 heterocycles. The molecule has 2 saturated carbocycles. The average molecular weight is 691 g/mol. The molecule has 276 valence electrons. The smallest absolute Gasteiger partial charge is 0.229 e. The van der Waals surface area contributed by atoms with Crippen molar-refractivity contribution in [3.05, 3.63) is 47.8 Å². The Morgan fingerprint density at radius 2 is 1.08 bits per heavy atom. The quantitative estimate of drug-likeness (QED) is 0.295. The highest BCUT2D eigenvalue weighted by Gasteiger charge is 2.36. The Balaban J connectivity index is 0.000000194. The van der Waals surface area contributed by atoms with Crippen molar-refractivity contribution in [3.8, 4) is 11.8 Å². The van der Waals surface area contributed by atoms with E-state index in [4.69, 9.17) is 9.47 Å². The lowest BCUT2D eigenvalue weighted by Gasteiger charge is -2.37. The van der Waals surface area contributed by atoms with E-state index in [2.05, 4.69) is 70.5 Å². The summed E-state index contributed by atoms with van der Waals surface area (Å²) in [4.78, 5) is 39.0. The summed E-state index contributed by atoms with van der Waals surface area (Å²) in [6.07, 6.45) is 10.4. The van der Waals surface area contributed by atoms with Crippen molar-refractivity contribution in [1.29, 1.82) is 0 Å². The maximum absolute atomic E-state index is 12.8. The van der Waals surface area contributed by atoms with Crippen LogP contribution in [0.25, 0.3) is 0 Å². The second-order valence-electron chi connectivity index (χ2n) is 16.9. The Labute approximate surface area is 300 Å². The molecule has 2 aromatic rings. The Kier molecular flexibility index (Phi) is 12.5. The minimum atomic E-state index is -0.582. The summed E-state index contributed by atoms with van der Waals surface area (Å²) in [6, 6.07) is 8.60. The molecule has 0 bridgehead atoms. The number of hydrogen-bond donors (Lipinski definition) is 2. The summed E-state index contributed by atoms with van der Waals surface area (Å²) < 4.78 is 12.0. The fourth-order valence-corrected chi connectivity index (χ4v) is 6.95. The number of aromatic nitrogens is 2. The zero-order chi connectivity index (χ0) is 36.1. The minimum Gasteiger partial charge on any atom is -0.476 e. The van der Waals surface area contributed by atoms with Gasteiger partial charge >= 0.3 is 0 Å². The lowest BCUT2D eigenvalue weighted by atomic mass is 9.89. The number of hydrogen-bond acceptors (Lipinski definition) is 8. The number of carbonyl (C=O) groups is 2.